The first kappa shape index (κ1) is 25.4. The van der Waals surface area contributed by atoms with Gasteiger partial charge in [0.15, 0.2) is 0 Å². The summed E-state index contributed by atoms with van der Waals surface area (Å²) in [4.78, 5) is 8.94. The number of piperidine rings is 1. The zero-order valence-electron chi connectivity index (χ0n) is 20.2. The molecule has 0 unspecified atom stereocenters. The molecule has 9 heteroatoms. The summed E-state index contributed by atoms with van der Waals surface area (Å²) in [6.07, 6.45) is 8.69. The molecule has 1 saturated heterocycles. The van der Waals surface area contributed by atoms with Crippen molar-refractivity contribution < 1.29 is 13.5 Å². The number of nitrogens with zero attached hydrogens (tertiary/aromatic N) is 3. The summed E-state index contributed by atoms with van der Waals surface area (Å²) in [5, 5.41) is 14.3. The molecule has 7 nitrogen and oxygen atoms in total. The van der Waals surface area contributed by atoms with Crippen LogP contribution in [0.25, 0.3) is 11.3 Å². The van der Waals surface area contributed by atoms with E-state index in [4.69, 9.17) is 11.6 Å². The molecule has 0 radical (unpaired) electrons. The maximum Gasteiger partial charge on any atom is 0.244 e. The fourth-order valence-corrected chi connectivity index (χ4v) is 6.56. The Balaban J connectivity index is 1.51. The van der Waals surface area contributed by atoms with Gasteiger partial charge in [0.25, 0.3) is 0 Å². The summed E-state index contributed by atoms with van der Waals surface area (Å²) in [5.41, 5.74) is 1.60. The number of sulfonamides is 1. The van der Waals surface area contributed by atoms with Crippen molar-refractivity contribution >= 4 is 27.3 Å². The van der Waals surface area contributed by atoms with Crippen molar-refractivity contribution in [2.75, 3.05) is 18.4 Å². The van der Waals surface area contributed by atoms with Gasteiger partial charge in [0.05, 0.1) is 11.3 Å². The number of rotatable bonds is 6. The SMILES string of the molecule is CC1CCN(S(=O)(=O)c2ccc(-c3cnc(Cl)cc3NC3CCC(C(C)(C)O)CC3)nc2)CC1. The van der Waals surface area contributed by atoms with Gasteiger partial charge >= 0.3 is 0 Å². The Kier molecular flexibility index (Phi) is 7.53. The fourth-order valence-electron chi connectivity index (χ4n) is 4.98. The van der Waals surface area contributed by atoms with Crippen LogP contribution in [0.1, 0.15) is 59.3 Å². The van der Waals surface area contributed by atoms with Crippen molar-refractivity contribution in [3.05, 3.63) is 35.7 Å². The van der Waals surface area contributed by atoms with E-state index in [9.17, 15) is 13.5 Å². The summed E-state index contributed by atoms with van der Waals surface area (Å²) in [6, 6.07) is 5.42. The Morgan fingerprint density at radius 2 is 1.74 bits per heavy atom. The summed E-state index contributed by atoms with van der Waals surface area (Å²) < 4.78 is 27.6. The third-order valence-electron chi connectivity index (χ3n) is 7.35. The van der Waals surface area contributed by atoms with Crippen LogP contribution < -0.4 is 5.32 Å². The molecule has 2 aliphatic rings. The molecule has 1 aliphatic heterocycles. The van der Waals surface area contributed by atoms with E-state index in [1.54, 1.807) is 28.7 Å². The molecule has 1 saturated carbocycles. The van der Waals surface area contributed by atoms with Gasteiger partial charge in [-0.15, -0.1) is 0 Å². The lowest BCUT2D eigenvalue weighted by Crippen LogP contribution is -2.37. The lowest BCUT2D eigenvalue weighted by molar-refractivity contribution is -0.000391. The third-order valence-corrected chi connectivity index (χ3v) is 9.44. The first-order valence-electron chi connectivity index (χ1n) is 12.1. The average Bonchev–Trinajstić information content (AvgIpc) is 2.79. The molecule has 2 aromatic rings. The van der Waals surface area contributed by atoms with Crippen LogP contribution in [0, 0.1) is 11.8 Å². The van der Waals surface area contributed by atoms with Crippen molar-refractivity contribution in [1.82, 2.24) is 14.3 Å². The van der Waals surface area contributed by atoms with Crippen molar-refractivity contribution in [3.8, 4) is 11.3 Å². The van der Waals surface area contributed by atoms with E-state index in [-0.39, 0.29) is 10.9 Å². The number of hydrogen-bond donors (Lipinski definition) is 2. The highest BCUT2D eigenvalue weighted by molar-refractivity contribution is 7.89. The zero-order valence-corrected chi connectivity index (χ0v) is 21.7. The number of aromatic nitrogens is 2. The normalized spacial score (nSPS) is 23.1. The number of nitrogens with one attached hydrogen (secondary N) is 1. The summed E-state index contributed by atoms with van der Waals surface area (Å²) >= 11 is 6.20. The van der Waals surface area contributed by atoms with E-state index < -0.39 is 15.6 Å². The molecule has 34 heavy (non-hydrogen) atoms. The largest absolute Gasteiger partial charge is 0.390 e. The maximum absolute atomic E-state index is 13.0. The molecule has 2 aromatic heterocycles. The number of anilines is 1. The molecular formula is C25H35ClN4O3S. The Morgan fingerprint density at radius 3 is 2.32 bits per heavy atom. The van der Waals surface area contributed by atoms with Gasteiger partial charge in [-0.3, -0.25) is 4.98 Å². The van der Waals surface area contributed by atoms with Crippen LogP contribution in [0.2, 0.25) is 5.15 Å². The highest BCUT2D eigenvalue weighted by Gasteiger charge is 2.32. The maximum atomic E-state index is 13.0. The number of halogens is 1. The molecule has 0 spiro atoms. The molecule has 1 aliphatic carbocycles. The summed E-state index contributed by atoms with van der Waals surface area (Å²) in [6.45, 7) is 7.03. The van der Waals surface area contributed by atoms with E-state index in [0.717, 1.165) is 49.8 Å². The number of aliphatic hydroxyl groups is 1. The first-order chi connectivity index (χ1) is 16.0. The van der Waals surface area contributed by atoms with Crippen LogP contribution in [0.4, 0.5) is 5.69 Å². The summed E-state index contributed by atoms with van der Waals surface area (Å²) in [5.74, 6) is 0.853. The molecular weight excluding hydrogens is 472 g/mol. The molecule has 2 N–H and O–H groups in total. The lowest BCUT2D eigenvalue weighted by atomic mass is 9.77. The Morgan fingerprint density at radius 1 is 1.06 bits per heavy atom. The van der Waals surface area contributed by atoms with Crippen LogP contribution >= 0.6 is 11.6 Å². The molecule has 4 rings (SSSR count). The molecule has 186 valence electrons. The van der Waals surface area contributed by atoms with Gasteiger partial charge < -0.3 is 10.4 Å². The second-order valence-electron chi connectivity index (χ2n) is 10.4. The molecule has 0 amide bonds. The second kappa shape index (κ2) is 10.1. The quantitative estimate of drug-likeness (QED) is 0.537. The molecule has 0 atom stereocenters. The molecule has 0 aromatic carbocycles. The minimum atomic E-state index is -3.54. The van der Waals surface area contributed by atoms with Crippen molar-refractivity contribution in [2.45, 2.75) is 75.8 Å². The zero-order chi connectivity index (χ0) is 24.5. The first-order valence-corrected chi connectivity index (χ1v) is 14.0. The molecule has 0 bridgehead atoms. The number of hydrogen-bond acceptors (Lipinski definition) is 6. The van der Waals surface area contributed by atoms with Gasteiger partial charge in [-0.1, -0.05) is 18.5 Å². The highest BCUT2D eigenvalue weighted by atomic mass is 35.5. The predicted molar refractivity (Wildman–Crippen MR) is 135 cm³/mol. The van der Waals surface area contributed by atoms with E-state index in [1.165, 1.54) is 6.20 Å². The van der Waals surface area contributed by atoms with Crippen molar-refractivity contribution in [2.24, 2.45) is 11.8 Å². The van der Waals surface area contributed by atoms with E-state index in [0.29, 0.717) is 35.8 Å². The Bertz CT molecular complexity index is 1090. The van der Waals surface area contributed by atoms with Crippen molar-refractivity contribution in [3.63, 3.8) is 0 Å². The van der Waals surface area contributed by atoms with Crippen LogP contribution in [0.15, 0.2) is 35.5 Å². The second-order valence-corrected chi connectivity index (χ2v) is 12.7. The fraction of sp³-hybridized carbons (Fsp3) is 0.600. The van der Waals surface area contributed by atoms with Crippen LogP contribution in [-0.2, 0) is 10.0 Å². The summed E-state index contributed by atoms with van der Waals surface area (Å²) in [7, 11) is -3.54. The van der Waals surface area contributed by atoms with Gasteiger partial charge in [-0.05, 0) is 82.4 Å². The minimum Gasteiger partial charge on any atom is -0.390 e. The van der Waals surface area contributed by atoms with E-state index in [1.807, 2.05) is 13.8 Å². The van der Waals surface area contributed by atoms with Gasteiger partial charge in [-0.2, -0.15) is 4.31 Å². The lowest BCUT2D eigenvalue weighted by Gasteiger charge is -2.36. The van der Waals surface area contributed by atoms with Crippen LogP contribution in [0.5, 0.6) is 0 Å². The van der Waals surface area contributed by atoms with E-state index >= 15 is 0 Å². The Hall–Kier alpha value is -1.74. The predicted octanol–water partition coefficient (Wildman–Crippen LogP) is 4.96. The smallest absolute Gasteiger partial charge is 0.244 e. The van der Waals surface area contributed by atoms with Crippen LogP contribution in [-0.4, -0.2) is 52.5 Å². The Labute approximate surface area is 208 Å². The standard InChI is InChI=1S/C25H35ClN4O3S/c1-17-10-12-30(13-11-17)34(32,33)20-8-9-22(27-15-20)21-16-28-24(26)14-23(21)29-19-6-4-18(5-7-19)25(2,3)31/h8-9,14-19,31H,4-7,10-13H2,1-3H3,(H,28,29). The topological polar surface area (TPSA) is 95.4 Å². The molecule has 3 heterocycles. The van der Waals surface area contributed by atoms with Gasteiger partial charge in [-0.25, -0.2) is 13.4 Å². The van der Waals surface area contributed by atoms with E-state index in [2.05, 4.69) is 22.2 Å². The number of pyridine rings is 2. The average molecular weight is 507 g/mol. The van der Waals surface area contributed by atoms with Gasteiger partial charge in [0.2, 0.25) is 10.0 Å². The third kappa shape index (κ3) is 5.73. The minimum absolute atomic E-state index is 0.215. The van der Waals surface area contributed by atoms with Gasteiger partial charge in [0, 0.05) is 42.8 Å². The van der Waals surface area contributed by atoms with Crippen LogP contribution in [0.3, 0.4) is 0 Å². The van der Waals surface area contributed by atoms with Gasteiger partial charge in [0.1, 0.15) is 10.0 Å². The molecule has 2 fully saturated rings. The monoisotopic (exact) mass is 506 g/mol. The van der Waals surface area contributed by atoms with Crippen molar-refractivity contribution in [1.29, 1.82) is 0 Å². The highest BCUT2D eigenvalue weighted by Crippen LogP contribution is 2.36.